The number of rotatable bonds is 6. The van der Waals surface area contributed by atoms with Crippen molar-refractivity contribution in [2.75, 3.05) is 7.11 Å². The number of ether oxygens (including phenoxy) is 2. The van der Waals surface area contributed by atoms with Gasteiger partial charge in [0.15, 0.2) is 17.7 Å². The van der Waals surface area contributed by atoms with Gasteiger partial charge in [-0.1, -0.05) is 30.3 Å². The van der Waals surface area contributed by atoms with E-state index < -0.39 is 23.4 Å². The van der Waals surface area contributed by atoms with Gasteiger partial charge in [-0.25, -0.2) is 9.18 Å². The molecule has 0 aliphatic rings. The van der Waals surface area contributed by atoms with Gasteiger partial charge in [0.2, 0.25) is 0 Å². The number of amides is 1. The van der Waals surface area contributed by atoms with Gasteiger partial charge in [0, 0.05) is 12.1 Å². The Balaban J connectivity index is 2.13. The van der Waals surface area contributed by atoms with Crippen molar-refractivity contribution in [3.8, 4) is 5.75 Å². The highest BCUT2D eigenvalue weighted by Gasteiger charge is 2.32. The maximum absolute atomic E-state index is 13.8. The largest absolute Gasteiger partial charge is 0.494 e. The van der Waals surface area contributed by atoms with Gasteiger partial charge in [0.05, 0.1) is 12.7 Å². The monoisotopic (exact) mass is 387 g/mol. The Morgan fingerprint density at radius 2 is 1.75 bits per heavy atom. The van der Waals surface area contributed by atoms with Crippen molar-refractivity contribution in [1.82, 2.24) is 4.90 Å². The van der Waals surface area contributed by atoms with Crippen LogP contribution < -0.4 is 4.74 Å². The number of nitrogens with zero attached hydrogens (tertiary/aromatic N) is 1. The zero-order valence-electron chi connectivity index (χ0n) is 16.9. The molecule has 0 N–H and O–H groups in total. The van der Waals surface area contributed by atoms with E-state index in [1.807, 2.05) is 51.1 Å². The first-order chi connectivity index (χ1) is 13.1. The van der Waals surface area contributed by atoms with Crippen molar-refractivity contribution in [2.45, 2.75) is 45.9 Å². The van der Waals surface area contributed by atoms with Crippen LogP contribution in [0.15, 0.2) is 48.5 Å². The smallest absolute Gasteiger partial charge is 0.339 e. The lowest BCUT2D eigenvalue weighted by atomic mass is 10.0. The molecule has 6 heteroatoms. The molecule has 1 amide bonds. The molecule has 0 aromatic heterocycles. The van der Waals surface area contributed by atoms with Crippen molar-refractivity contribution >= 4 is 11.9 Å². The van der Waals surface area contributed by atoms with Crippen molar-refractivity contribution in [3.05, 3.63) is 65.5 Å². The summed E-state index contributed by atoms with van der Waals surface area (Å²) in [6.07, 6.45) is -1.01. The highest BCUT2D eigenvalue weighted by Crippen LogP contribution is 2.21. The quantitative estimate of drug-likeness (QED) is 0.697. The molecule has 28 heavy (non-hydrogen) atoms. The van der Waals surface area contributed by atoms with Gasteiger partial charge in [-0.2, -0.15) is 0 Å². The summed E-state index contributed by atoms with van der Waals surface area (Å²) in [4.78, 5) is 27.0. The van der Waals surface area contributed by atoms with Gasteiger partial charge in [-0.05, 0) is 51.5 Å². The number of hydrogen-bond acceptors (Lipinski definition) is 4. The first-order valence-electron chi connectivity index (χ1n) is 9.03. The van der Waals surface area contributed by atoms with Crippen LogP contribution in [0.2, 0.25) is 0 Å². The van der Waals surface area contributed by atoms with Crippen molar-refractivity contribution in [3.63, 3.8) is 0 Å². The molecular formula is C22H26FNO4. The topological polar surface area (TPSA) is 55.8 Å². The first kappa shape index (κ1) is 21.4. The highest BCUT2D eigenvalue weighted by molar-refractivity contribution is 5.92. The molecule has 0 saturated heterocycles. The lowest BCUT2D eigenvalue weighted by Gasteiger charge is -2.37. The third-order valence-electron chi connectivity index (χ3n) is 4.28. The lowest BCUT2D eigenvalue weighted by molar-refractivity contribution is -0.145. The maximum Gasteiger partial charge on any atom is 0.339 e. The summed E-state index contributed by atoms with van der Waals surface area (Å²) in [5.74, 6) is -1.73. The second-order valence-electron chi connectivity index (χ2n) is 7.48. The molecule has 0 saturated carbocycles. The van der Waals surface area contributed by atoms with Crippen LogP contribution in [0.25, 0.3) is 0 Å². The number of carbonyl (C=O) groups is 2. The highest BCUT2D eigenvalue weighted by atomic mass is 19.1. The molecule has 5 nitrogen and oxygen atoms in total. The molecule has 0 unspecified atom stereocenters. The van der Waals surface area contributed by atoms with Crippen LogP contribution in [0.5, 0.6) is 5.75 Å². The van der Waals surface area contributed by atoms with E-state index >= 15 is 0 Å². The van der Waals surface area contributed by atoms with Crippen molar-refractivity contribution in [2.24, 2.45) is 0 Å². The van der Waals surface area contributed by atoms with Crippen LogP contribution in [-0.2, 0) is 16.1 Å². The Kier molecular flexibility index (Phi) is 6.78. The molecule has 2 rings (SSSR count). The second kappa shape index (κ2) is 8.87. The minimum Gasteiger partial charge on any atom is -0.494 e. The fourth-order valence-electron chi connectivity index (χ4n) is 2.70. The molecule has 0 heterocycles. The lowest BCUT2D eigenvalue weighted by Crippen LogP contribution is -2.49. The summed E-state index contributed by atoms with van der Waals surface area (Å²) in [6, 6.07) is 13.4. The number of methoxy groups -OCH3 is 1. The molecule has 0 bridgehead atoms. The minimum atomic E-state index is -1.01. The van der Waals surface area contributed by atoms with E-state index in [1.165, 1.54) is 26.2 Å². The summed E-state index contributed by atoms with van der Waals surface area (Å²) in [5.41, 5.74) is 0.518. The normalized spacial score (nSPS) is 12.2. The van der Waals surface area contributed by atoms with E-state index in [4.69, 9.17) is 9.47 Å². The van der Waals surface area contributed by atoms with E-state index in [2.05, 4.69) is 0 Å². The van der Waals surface area contributed by atoms with E-state index in [1.54, 1.807) is 4.90 Å². The van der Waals surface area contributed by atoms with Gasteiger partial charge in [-0.15, -0.1) is 0 Å². The average Bonchev–Trinajstić information content (AvgIpc) is 2.65. The molecule has 0 aliphatic carbocycles. The molecule has 2 aromatic carbocycles. The summed E-state index contributed by atoms with van der Waals surface area (Å²) in [7, 11) is 1.34. The first-order valence-corrected chi connectivity index (χ1v) is 9.03. The third-order valence-corrected chi connectivity index (χ3v) is 4.28. The number of carbonyl (C=O) groups excluding carboxylic acids is 2. The number of hydrogen-bond donors (Lipinski definition) is 0. The number of esters is 1. The maximum atomic E-state index is 13.8. The van der Waals surface area contributed by atoms with Gasteiger partial charge in [0.25, 0.3) is 5.91 Å². The average molecular weight is 387 g/mol. The van der Waals surface area contributed by atoms with E-state index in [-0.39, 0.29) is 17.2 Å². The predicted octanol–water partition coefficient (Wildman–Crippen LogP) is 4.21. The van der Waals surface area contributed by atoms with Crippen LogP contribution in [0, 0.1) is 5.82 Å². The molecule has 0 fully saturated rings. The summed E-state index contributed by atoms with van der Waals surface area (Å²) < 4.78 is 24.0. The third kappa shape index (κ3) is 5.31. The molecule has 0 radical (unpaired) electrons. The number of benzene rings is 2. The van der Waals surface area contributed by atoms with Crippen LogP contribution in [0.3, 0.4) is 0 Å². The zero-order valence-corrected chi connectivity index (χ0v) is 16.9. The van der Waals surface area contributed by atoms with Crippen LogP contribution in [-0.4, -0.2) is 35.5 Å². The molecule has 1 atom stereocenters. The summed E-state index contributed by atoms with van der Waals surface area (Å²) in [6.45, 7) is 7.66. The Hall–Kier alpha value is -2.89. The van der Waals surface area contributed by atoms with Crippen LogP contribution in [0.4, 0.5) is 4.39 Å². The van der Waals surface area contributed by atoms with E-state index in [0.717, 1.165) is 11.6 Å². The van der Waals surface area contributed by atoms with Crippen molar-refractivity contribution < 1.29 is 23.5 Å². The van der Waals surface area contributed by atoms with E-state index in [0.29, 0.717) is 6.54 Å². The molecular weight excluding hydrogens is 361 g/mol. The molecule has 2 aromatic rings. The fourth-order valence-corrected chi connectivity index (χ4v) is 2.70. The second-order valence-corrected chi connectivity index (χ2v) is 7.48. The Labute approximate surface area is 165 Å². The van der Waals surface area contributed by atoms with E-state index in [9.17, 15) is 14.0 Å². The predicted molar refractivity (Wildman–Crippen MR) is 105 cm³/mol. The summed E-state index contributed by atoms with van der Waals surface area (Å²) >= 11 is 0. The molecule has 150 valence electrons. The molecule has 0 spiro atoms. The van der Waals surface area contributed by atoms with Gasteiger partial charge < -0.3 is 14.4 Å². The van der Waals surface area contributed by atoms with Gasteiger partial charge in [0.1, 0.15) is 0 Å². The van der Waals surface area contributed by atoms with Crippen molar-refractivity contribution in [1.29, 1.82) is 0 Å². The Morgan fingerprint density at radius 1 is 1.11 bits per heavy atom. The number of halogens is 1. The molecule has 0 aliphatic heterocycles. The Bertz CT molecular complexity index is 830. The Morgan fingerprint density at radius 3 is 2.29 bits per heavy atom. The summed E-state index contributed by atoms with van der Waals surface area (Å²) in [5, 5.41) is 0. The van der Waals surface area contributed by atoms with Gasteiger partial charge >= 0.3 is 5.97 Å². The minimum absolute atomic E-state index is 0.0170. The van der Waals surface area contributed by atoms with Crippen LogP contribution >= 0.6 is 0 Å². The SMILES string of the molecule is COc1ccc(C(=O)O[C@H](C)C(=O)N(Cc2ccccc2)C(C)(C)C)cc1F. The zero-order chi connectivity index (χ0) is 20.9. The van der Waals surface area contributed by atoms with Crippen LogP contribution in [0.1, 0.15) is 43.6 Å². The van der Waals surface area contributed by atoms with Gasteiger partial charge in [-0.3, -0.25) is 4.79 Å². The standard InChI is InChI=1S/C22H26FNO4/c1-15(28-21(26)17-11-12-19(27-5)18(23)13-17)20(25)24(22(2,3)4)14-16-9-7-6-8-10-16/h6-13,15H,14H2,1-5H3/t15-/m1/s1. The fraction of sp³-hybridized carbons (Fsp3) is 0.364.